The number of aliphatic hydroxyl groups excluding tert-OH is 1. The number of ether oxygens (including phenoxy) is 2. The molecule has 172 valence electrons. The molecule has 4 rings (SSSR count). The van der Waals surface area contributed by atoms with Crippen molar-refractivity contribution in [2.75, 3.05) is 25.6 Å². The fourth-order valence-corrected chi connectivity index (χ4v) is 3.09. The minimum Gasteiger partial charge on any atom is -0.497 e. The van der Waals surface area contributed by atoms with Gasteiger partial charge in [0.15, 0.2) is 11.6 Å². The van der Waals surface area contributed by atoms with Crippen LogP contribution in [-0.4, -0.2) is 63.1 Å². The molecule has 0 unspecified atom stereocenters. The van der Waals surface area contributed by atoms with Crippen LogP contribution < -0.4 is 14.8 Å². The van der Waals surface area contributed by atoms with Gasteiger partial charge in [-0.2, -0.15) is 5.10 Å². The quantitative estimate of drug-likeness (QED) is 0.256. The molecule has 4 aromatic rings. The Labute approximate surface area is 192 Å². The monoisotopic (exact) mass is 473 g/mol. The predicted octanol–water partition coefficient (Wildman–Crippen LogP) is 2.94. The van der Waals surface area contributed by atoms with Crippen molar-refractivity contribution in [1.29, 1.82) is 0 Å². The average molecular weight is 474 g/mol. The summed E-state index contributed by atoms with van der Waals surface area (Å²) in [6.45, 7) is -0.255. The number of hydrogen-bond acceptors (Lipinski definition) is 7. The lowest BCUT2D eigenvalue weighted by Gasteiger charge is -2.08. The largest absolute Gasteiger partial charge is 0.497 e. The van der Waals surface area contributed by atoms with Gasteiger partial charge in [0, 0.05) is 17.7 Å². The Hall–Kier alpha value is -4.09. The van der Waals surface area contributed by atoms with Crippen LogP contribution in [0, 0.1) is 0 Å². The summed E-state index contributed by atoms with van der Waals surface area (Å²) in [6.07, 6.45) is 0. The number of aromatic amines is 2. The SMILES string of the molecule is COc1ccc2nc(-c3cc(NC(=O)c4ccc(OCCO)c(Cl)c4)n[nH]3)[nH]c2c1.O=CO. The van der Waals surface area contributed by atoms with Crippen molar-refractivity contribution in [1.82, 2.24) is 20.2 Å². The summed E-state index contributed by atoms with van der Waals surface area (Å²) in [4.78, 5) is 28.6. The van der Waals surface area contributed by atoms with Gasteiger partial charge in [0.05, 0.1) is 29.8 Å². The summed E-state index contributed by atoms with van der Waals surface area (Å²) in [7, 11) is 1.60. The van der Waals surface area contributed by atoms with Gasteiger partial charge in [-0.3, -0.25) is 14.7 Å². The van der Waals surface area contributed by atoms with Crippen LogP contribution in [0.4, 0.5) is 5.82 Å². The summed E-state index contributed by atoms with van der Waals surface area (Å²) in [5.74, 6) is 1.66. The fourth-order valence-electron chi connectivity index (χ4n) is 2.85. The Bertz CT molecular complexity index is 1260. The van der Waals surface area contributed by atoms with Crippen LogP contribution in [0.15, 0.2) is 42.5 Å². The first kappa shape index (κ1) is 23.6. The summed E-state index contributed by atoms with van der Waals surface area (Å²) >= 11 is 6.13. The maximum Gasteiger partial charge on any atom is 0.290 e. The van der Waals surface area contributed by atoms with Crippen molar-refractivity contribution in [2.45, 2.75) is 0 Å². The second-order valence-corrected chi connectivity index (χ2v) is 6.82. The minimum absolute atomic E-state index is 0.121. The van der Waals surface area contributed by atoms with E-state index >= 15 is 0 Å². The first-order valence-electron chi connectivity index (χ1n) is 9.51. The van der Waals surface area contributed by atoms with Crippen LogP contribution in [-0.2, 0) is 4.79 Å². The molecule has 0 bridgehead atoms. The zero-order chi connectivity index (χ0) is 23.8. The highest BCUT2D eigenvalue weighted by atomic mass is 35.5. The lowest BCUT2D eigenvalue weighted by molar-refractivity contribution is -0.122. The van der Waals surface area contributed by atoms with Crippen molar-refractivity contribution in [3.05, 3.63) is 53.1 Å². The molecule has 2 aromatic heterocycles. The van der Waals surface area contributed by atoms with Crippen molar-refractivity contribution in [2.24, 2.45) is 0 Å². The van der Waals surface area contributed by atoms with E-state index in [-0.39, 0.29) is 30.6 Å². The number of H-pyrrole nitrogens is 2. The number of aliphatic hydroxyl groups is 1. The smallest absolute Gasteiger partial charge is 0.290 e. The molecule has 2 aromatic carbocycles. The number of carbonyl (C=O) groups excluding carboxylic acids is 1. The van der Waals surface area contributed by atoms with Crippen LogP contribution in [0.2, 0.25) is 5.02 Å². The Morgan fingerprint density at radius 3 is 2.73 bits per heavy atom. The summed E-state index contributed by atoms with van der Waals surface area (Å²) in [6, 6.07) is 11.8. The highest BCUT2D eigenvalue weighted by molar-refractivity contribution is 6.32. The lowest BCUT2D eigenvalue weighted by Crippen LogP contribution is -2.12. The molecule has 0 saturated heterocycles. The predicted molar refractivity (Wildman–Crippen MR) is 121 cm³/mol. The van der Waals surface area contributed by atoms with Gasteiger partial charge in [-0.05, 0) is 30.3 Å². The van der Waals surface area contributed by atoms with Crippen molar-refractivity contribution >= 4 is 40.8 Å². The Balaban J connectivity index is 0.000000968. The van der Waals surface area contributed by atoms with E-state index in [1.807, 2.05) is 18.2 Å². The lowest BCUT2D eigenvalue weighted by atomic mass is 10.2. The Morgan fingerprint density at radius 2 is 2.03 bits per heavy atom. The number of halogens is 1. The van der Waals surface area contributed by atoms with Gasteiger partial charge >= 0.3 is 0 Å². The molecule has 12 heteroatoms. The number of aromatic nitrogens is 4. The highest BCUT2D eigenvalue weighted by Crippen LogP contribution is 2.27. The molecule has 0 aliphatic rings. The molecule has 5 N–H and O–H groups in total. The van der Waals surface area contributed by atoms with Gasteiger partial charge in [-0.15, -0.1) is 0 Å². The summed E-state index contributed by atoms with van der Waals surface area (Å²) < 4.78 is 10.5. The van der Waals surface area contributed by atoms with E-state index in [9.17, 15) is 4.79 Å². The van der Waals surface area contributed by atoms with Gasteiger partial charge in [0.25, 0.3) is 12.4 Å². The van der Waals surface area contributed by atoms with Gasteiger partial charge in [-0.25, -0.2) is 4.98 Å². The number of imidazole rings is 1. The molecule has 2 heterocycles. The number of rotatable bonds is 7. The molecule has 0 spiro atoms. The number of fused-ring (bicyclic) bond motifs is 1. The van der Waals surface area contributed by atoms with Crippen molar-refractivity contribution in [3.8, 4) is 23.0 Å². The third-order valence-corrected chi connectivity index (χ3v) is 4.60. The van der Waals surface area contributed by atoms with Crippen LogP contribution in [0.25, 0.3) is 22.6 Å². The van der Waals surface area contributed by atoms with E-state index in [1.54, 1.807) is 25.3 Å². The molecule has 0 radical (unpaired) electrons. The summed E-state index contributed by atoms with van der Waals surface area (Å²) in [5.41, 5.74) is 2.56. The zero-order valence-electron chi connectivity index (χ0n) is 17.3. The maximum atomic E-state index is 12.5. The number of carboxylic acid groups (broad SMARTS) is 1. The number of nitrogens with zero attached hydrogens (tertiary/aromatic N) is 2. The topological polar surface area (TPSA) is 162 Å². The molecule has 33 heavy (non-hydrogen) atoms. The third-order valence-electron chi connectivity index (χ3n) is 4.31. The number of methoxy groups -OCH3 is 1. The molecule has 0 atom stereocenters. The number of anilines is 1. The highest BCUT2D eigenvalue weighted by Gasteiger charge is 2.14. The van der Waals surface area contributed by atoms with Crippen LogP contribution in [0.5, 0.6) is 11.5 Å². The van der Waals surface area contributed by atoms with Gasteiger partial charge in [0.1, 0.15) is 23.8 Å². The van der Waals surface area contributed by atoms with E-state index in [0.717, 1.165) is 16.8 Å². The second kappa shape index (κ2) is 11.0. The first-order chi connectivity index (χ1) is 16.0. The van der Waals surface area contributed by atoms with E-state index < -0.39 is 0 Å². The van der Waals surface area contributed by atoms with Gasteiger partial charge in [-0.1, -0.05) is 11.6 Å². The normalized spacial score (nSPS) is 10.3. The van der Waals surface area contributed by atoms with E-state index in [4.69, 9.17) is 36.1 Å². The molecular weight excluding hydrogens is 454 g/mol. The molecule has 1 amide bonds. The first-order valence-corrected chi connectivity index (χ1v) is 9.88. The molecule has 0 aliphatic heterocycles. The number of benzene rings is 2. The van der Waals surface area contributed by atoms with Crippen LogP contribution >= 0.6 is 11.6 Å². The number of nitrogens with one attached hydrogen (secondary N) is 3. The number of hydrogen-bond donors (Lipinski definition) is 5. The Kier molecular flexibility index (Phi) is 7.84. The van der Waals surface area contributed by atoms with Crippen LogP contribution in [0.3, 0.4) is 0 Å². The van der Waals surface area contributed by atoms with E-state index in [0.29, 0.717) is 28.6 Å². The number of carbonyl (C=O) groups is 2. The minimum atomic E-state index is -0.377. The Morgan fingerprint density at radius 1 is 1.24 bits per heavy atom. The van der Waals surface area contributed by atoms with Crippen molar-refractivity contribution < 1.29 is 29.3 Å². The van der Waals surface area contributed by atoms with Crippen LogP contribution in [0.1, 0.15) is 10.4 Å². The zero-order valence-corrected chi connectivity index (χ0v) is 18.1. The number of amides is 1. The van der Waals surface area contributed by atoms with E-state index in [2.05, 4.69) is 25.5 Å². The molecular formula is C21H20ClN5O6. The molecule has 0 saturated carbocycles. The van der Waals surface area contributed by atoms with Crippen molar-refractivity contribution in [3.63, 3.8) is 0 Å². The average Bonchev–Trinajstić information content (AvgIpc) is 3.45. The molecule has 0 aliphatic carbocycles. The van der Waals surface area contributed by atoms with Gasteiger partial charge < -0.3 is 30.0 Å². The maximum absolute atomic E-state index is 12.5. The molecule has 11 nitrogen and oxygen atoms in total. The standard InChI is InChI=1S/C20H18ClN5O4.CH2O2/c1-29-12-3-4-14-15(9-12)23-19(22-14)16-10-18(26-25-16)24-20(28)11-2-5-17(13(21)8-11)30-7-6-27;2-1-3/h2-5,8-10,27H,6-7H2,1H3,(H,22,23)(H2,24,25,26,28);1H,(H,2,3). The van der Waals surface area contributed by atoms with E-state index in [1.165, 1.54) is 6.07 Å². The third kappa shape index (κ3) is 5.79. The summed E-state index contributed by atoms with van der Waals surface area (Å²) in [5, 5.41) is 25.7. The van der Waals surface area contributed by atoms with Gasteiger partial charge in [0.2, 0.25) is 0 Å². The molecule has 0 fully saturated rings. The fraction of sp³-hybridized carbons (Fsp3) is 0.143. The second-order valence-electron chi connectivity index (χ2n) is 6.41.